The van der Waals surface area contributed by atoms with Crippen LogP contribution in [-0.2, 0) is 21.3 Å². The maximum Gasteiger partial charge on any atom is 0.490 e. The number of amides is 1. The number of nitrogens with one attached hydrogen (secondary N) is 1. The molecule has 33 heavy (non-hydrogen) atoms. The summed E-state index contributed by atoms with van der Waals surface area (Å²) < 4.78 is 44.2. The van der Waals surface area contributed by atoms with E-state index in [0.717, 1.165) is 45.3 Å². The van der Waals surface area contributed by atoms with Crippen LogP contribution in [-0.4, -0.2) is 77.8 Å². The molecule has 2 N–H and O–H groups in total. The van der Waals surface area contributed by atoms with Crippen LogP contribution >= 0.6 is 0 Å². The van der Waals surface area contributed by atoms with Crippen LogP contribution in [0, 0.1) is 5.41 Å². The lowest BCUT2D eigenvalue weighted by Crippen LogP contribution is -2.40. The topological polar surface area (TPSA) is 110 Å². The smallest absolute Gasteiger partial charge is 0.475 e. The number of ether oxygens (including phenoxy) is 2. The maximum absolute atomic E-state index is 12.4. The second kappa shape index (κ2) is 10.2. The number of aryl methyl sites for hydroxylation is 1. The van der Waals surface area contributed by atoms with Crippen molar-refractivity contribution in [2.75, 3.05) is 32.8 Å². The summed E-state index contributed by atoms with van der Waals surface area (Å²) in [5, 5.41) is 10.2. The number of nitrogens with zero attached hydrogens (tertiary/aromatic N) is 2. The lowest BCUT2D eigenvalue weighted by molar-refractivity contribution is -0.192. The Morgan fingerprint density at radius 1 is 1.24 bits per heavy atom. The molecule has 2 saturated heterocycles. The molecular weight excluding hydrogens is 447 g/mol. The van der Waals surface area contributed by atoms with E-state index in [4.69, 9.17) is 19.4 Å². The number of alkyl halides is 3. The molecule has 1 amide bonds. The third-order valence-corrected chi connectivity index (χ3v) is 6.33. The van der Waals surface area contributed by atoms with E-state index in [9.17, 15) is 22.8 Å². The Kier molecular flexibility index (Phi) is 7.80. The number of aliphatic carboxylic acids is 1. The first kappa shape index (κ1) is 25.2. The molecule has 0 bridgehead atoms. The predicted molar refractivity (Wildman–Crippen MR) is 110 cm³/mol. The van der Waals surface area contributed by atoms with Gasteiger partial charge in [-0.05, 0) is 43.8 Å². The molecule has 1 aromatic heterocycles. The van der Waals surface area contributed by atoms with Crippen molar-refractivity contribution in [1.29, 1.82) is 0 Å². The van der Waals surface area contributed by atoms with Gasteiger partial charge >= 0.3 is 12.1 Å². The molecule has 1 aliphatic carbocycles. The summed E-state index contributed by atoms with van der Waals surface area (Å²) >= 11 is 0. The number of carboxylic acid groups (broad SMARTS) is 1. The highest BCUT2D eigenvalue weighted by Crippen LogP contribution is 2.53. The number of halogens is 3. The Morgan fingerprint density at radius 3 is 2.39 bits per heavy atom. The number of carboxylic acids is 1. The zero-order valence-corrected chi connectivity index (χ0v) is 18.3. The van der Waals surface area contributed by atoms with Crippen LogP contribution in [0.3, 0.4) is 0 Å². The number of rotatable bonds is 5. The molecule has 1 unspecified atom stereocenters. The monoisotopic (exact) mass is 475 g/mol. The number of piperidine rings is 1. The first-order valence-corrected chi connectivity index (χ1v) is 10.7. The van der Waals surface area contributed by atoms with Crippen LogP contribution < -0.4 is 10.9 Å². The quantitative estimate of drug-likeness (QED) is 0.662. The summed E-state index contributed by atoms with van der Waals surface area (Å²) in [5.74, 6) is -2.89. The Hall–Kier alpha value is -2.44. The van der Waals surface area contributed by atoms with Gasteiger partial charge in [-0.2, -0.15) is 13.2 Å². The van der Waals surface area contributed by atoms with Gasteiger partial charge in [0.2, 0.25) is 0 Å². The Bertz CT molecular complexity index is 905. The molecule has 4 rings (SSSR count). The van der Waals surface area contributed by atoms with Crippen LogP contribution in [0.4, 0.5) is 13.2 Å². The molecule has 3 fully saturated rings. The normalized spacial score (nSPS) is 22.5. The van der Waals surface area contributed by atoms with Crippen LogP contribution in [0.15, 0.2) is 23.1 Å². The second-order valence-electron chi connectivity index (χ2n) is 8.56. The summed E-state index contributed by atoms with van der Waals surface area (Å²) in [4.78, 5) is 35.5. The number of carbonyl (C=O) groups excluding carboxylic acids is 1. The number of pyridine rings is 1. The number of hydrogen-bond donors (Lipinski definition) is 2. The Morgan fingerprint density at radius 2 is 1.85 bits per heavy atom. The van der Waals surface area contributed by atoms with Crippen molar-refractivity contribution in [3.8, 4) is 0 Å². The van der Waals surface area contributed by atoms with Gasteiger partial charge in [-0.25, -0.2) is 4.79 Å². The van der Waals surface area contributed by atoms with E-state index in [0.29, 0.717) is 18.8 Å². The minimum Gasteiger partial charge on any atom is -0.475 e. The van der Waals surface area contributed by atoms with Crippen LogP contribution in [0.1, 0.15) is 36.0 Å². The van der Waals surface area contributed by atoms with E-state index >= 15 is 0 Å². The minimum absolute atomic E-state index is 0.0302. The first-order chi connectivity index (χ1) is 15.5. The summed E-state index contributed by atoms with van der Waals surface area (Å²) in [5.41, 5.74) is 0.544. The van der Waals surface area contributed by atoms with Crippen molar-refractivity contribution < 1.29 is 37.3 Å². The zero-order chi connectivity index (χ0) is 24.2. The minimum atomic E-state index is -5.08. The summed E-state index contributed by atoms with van der Waals surface area (Å²) in [6.45, 7) is 4.55. The van der Waals surface area contributed by atoms with Gasteiger partial charge in [0, 0.05) is 43.9 Å². The van der Waals surface area contributed by atoms with Crippen LogP contribution in [0.25, 0.3) is 0 Å². The van der Waals surface area contributed by atoms with Crippen molar-refractivity contribution in [2.45, 2.75) is 44.2 Å². The molecule has 3 heterocycles. The van der Waals surface area contributed by atoms with Gasteiger partial charge in [-0.1, -0.05) is 0 Å². The molecule has 1 saturated carbocycles. The lowest BCUT2D eigenvalue weighted by Gasteiger charge is -2.33. The van der Waals surface area contributed by atoms with Gasteiger partial charge in [0.15, 0.2) is 6.29 Å². The van der Waals surface area contributed by atoms with Gasteiger partial charge in [0.05, 0.1) is 13.2 Å². The number of aromatic nitrogens is 1. The molecule has 9 nitrogen and oxygen atoms in total. The maximum atomic E-state index is 12.4. The van der Waals surface area contributed by atoms with Crippen molar-refractivity contribution in [3.63, 3.8) is 0 Å². The van der Waals surface area contributed by atoms with Crippen molar-refractivity contribution in [2.24, 2.45) is 12.5 Å². The first-order valence-electron chi connectivity index (χ1n) is 10.7. The van der Waals surface area contributed by atoms with Crippen LogP contribution in [0.2, 0.25) is 0 Å². The predicted octanol–water partition coefficient (Wildman–Crippen LogP) is 1.37. The molecule has 1 aromatic rings. The van der Waals surface area contributed by atoms with Crippen LogP contribution in [0.5, 0.6) is 0 Å². The number of likely N-dealkylation sites (tertiary alicyclic amines) is 1. The molecule has 184 valence electrons. The summed E-state index contributed by atoms with van der Waals surface area (Å²) in [7, 11) is 1.68. The van der Waals surface area contributed by atoms with E-state index < -0.39 is 12.1 Å². The molecule has 3 aliphatic rings. The van der Waals surface area contributed by atoms with E-state index in [2.05, 4.69) is 10.2 Å². The third-order valence-electron chi connectivity index (χ3n) is 6.33. The highest BCUT2D eigenvalue weighted by molar-refractivity contribution is 5.94. The number of carbonyl (C=O) groups is 2. The molecule has 1 spiro atoms. The molecule has 1 atom stereocenters. The lowest BCUT2D eigenvalue weighted by atomic mass is 9.92. The second-order valence-corrected chi connectivity index (χ2v) is 8.56. The van der Waals surface area contributed by atoms with Gasteiger partial charge in [-0.3, -0.25) is 9.59 Å². The van der Waals surface area contributed by atoms with E-state index in [1.807, 2.05) is 0 Å². The zero-order valence-electron chi connectivity index (χ0n) is 18.3. The van der Waals surface area contributed by atoms with Gasteiger partial charge < -0.3 is 29.4 Å². The largest absolute Gasteiger partial charge is 0.490 e. The summed E-state index contributed by atoms with van der Waals surface area (Å²) in [6, 6.07) is 3.34. The molecule has 0 radical (unpaired) electrons. The Labute approximate surface area is 188 Å². The van der Waals surface area contributed by atoms with Crippen molar-refractivity contribution >= 4 is 11.9 Å². The standard InChI is InChI=1S/C19H27N3O4.C2HF3O2/c1-21-6-2-14(12-16(21)23)18(24)20-15-13-19(15)4-8-22(9-5-19)7-3-17-25-10-11-26-17;3-2(4,5)1(6)7/h2,6,12,15,17H,3-5,7-11,13H2,1H3,(H,20,24);(H,6,7). The van der Waals surface area contributed by atoms with E-state index in [1.54, 1.807) is 19.3 Å². The average Bonchev–Trinajstić information content (AvgIpc) is 3.15. The van der Waals surface area contributed by atoms with E-state index in [-0.39, 0.29) is 29.2 Å². The molecule has 0 aromatic carbocycles. The summed E-state index contributed by atoms with van der Waals surface area (Å²) in [6.07, 6.45) is 0.720. The van der Waals surface area contributed by atoms with Gasteiger partial charge in [0.25, 0.3) is 11.5 Å². The fourth-order valence-electron chi connectivity index (χ4n) is 4.12. The molecular formula is C21H28F3N3O6. The molecule has 2 aliphatic heterocycles. The third kappa shape index (κ3) is 6.78. The highest BCUT2D eigenvalue weighted by atomic mass is 19.4. The van der Waals surface area contributed by atoms with E-state index in [1.165, 1.54) is 10.6 Å². The number of hydrogen-bond acceptors (Lipinski definition) is 6. The SMILES string of the molecule is Cn1ccc(C(=O)NC2CC23CCN(CCC2OCCO2)CC3)cc1=O.O=C(O)C(F)(F)F. The molecule has 12 heteroatoms. The highest BCUT2D eigenvalue weighted by Gasteiger charge is 2.55. The average molecular weight is 475 g/mol. The van der Waals surface area contributed by atoms with Crippen molar-refractivity contribution in [3.05, 3.63) is 34.2 Å². The fraction of sp³-hybridized carbons (Fsp3) is 0.667. The fourth-order valence-corrected chi connectivity index (χ4v) is 4.12. The van der Waals surface area contributed by atoms with Gasteiger partial charge in [-0.15, -0.1) is 0 Å². The van der Waals surface area contributed by atoms with Crippen molar-refractivity contribution in [1.82, 2.24) is 14.8 Å². The Balaban J connectivity index is 0.000000383. The van der Waals surface area contributed by atoms with Gasteiger partial charge in [0.1, 0.15) is 0 Å².